The van der Waals surface area contributed by atoms with E-state index in [0.29, 0.717) is 11.7 Å². The second-order valence-electron chi connectivity index (χ2n) is 6.50. The fourth-order valence-corrected chi connectivity index (χ4v) is 3.45. The number of hydrogen-bond donors (Lipinski definition) is 0. The minimum absolute atomic E-state index is 0.0416. The first kappa shape index (κ1) is 16.9. The minimum atomic E-state index is -0.0772. The van der Waals surface area contributed by atoms with E-state index in [-0.39, 0.29) is 11.9 Å². The highest BCUT2D eigenvalue weighted by molar-refractivity contribution is 5.75. The van der Waals surface area contributed by atoms with E-state index < -0.39 is 0 Å². The molecule has 0 spiro atoms. The number of hydrogen-bond acceptors (Lipinski definition) is 3. The van der Waals surface area contributed by atoms with Crippen LogP contribution >= 0.6 is 0 Å². The van der Waals surface area contributed by atoms with Crippen LogP contribution in [0.15, 0.2) is 24.3 Å². The van der Waals surface area contributed by atoms with Crippen LogP contribution in [0.2, 0.25) is 0 Å². The zero-order valence-electron chi connectivity index (χ0n) is 14.0. The lowest BCUT2D eigenvalue weighted by molar-refractivity contribution is -0.142. The van der Waals surface area contributed by atoms with E-state index in [9.17, 15) is 4.79 Å². The summed E-state index contributed by atoms with van der Waals surface area (Å²) in [7, 11) is 1.62. The largest absolute Gasteiger partial charge is 0.497 e. The molecule has 0 aromatic heterocycles. The zero-order chi connectivity index (χ0) is 15.9. The van der Waals surface area contributed by atoms with Gasteiger partial charge in [0, 0.05) is 0 Å². The first-order valence-corrected chi connectivity index (χ1v) is 8.49. The third kappa shape index (κ3) is 4.49. The van der Waals surface area contributed by atoms with Crippen molar-refractivity contribution in [3.63, 3.8) is 0 Å². The summed E-state index contributed by atoms with van der Waals surface area (Å²) in [6, 6.07) is 7.20. The topological polar surface area (TPSA) is 35.5 Å². The predicted molar refractivity (Wildman–Crippen MR) is 88.1 cm³/mol. The highest BCUT2D eigenvalue weighted by Gasteiger charge is 2.33. The lowest BCUT2D eigenvalue weighted by Crippen LogP contribution is -2.32. The summed E-state index contributed by atoms with van der Waals surface area (Å²) < 4.78 is 10.7. The molecule has 22 heavy (non-hydrogen) atoms. The van der Waals surface area contributed by atoms with Crippen LogP contribution in [-0.2, 0) is 4.79 Å². The van der Waals surface area contributed by atoms with Gasteiger partial charge in [-0.15, -0.1) is 0 Å². The summed E-state index contributed by atoms with van der Waals surface area (Å²) in [5.41, 5.74) is 0. The molecule has 3 atom stereocenters. The molecule has 0 aliphatic heterocycles. The number of unbranched alkanes of at least 4 members (excludes halogenated alkanes) is 1. The number of esters is 1. The zero-order valence-corrected chi connectivity index (χ0v) is 14.0. The van der Waals surface area contributed by atoms with Gasteiger partial charge in [0.1, 0.15) is 11.5 Å². The van der Waals surface area contributed by atoms with Crippen molar-refractivity contribution < 1.29 is 14.3 Å². The van der Waals surface area contributed by atoms with E-state index in [1.54, 1.807) is 19.2 Å². The van der Waals surface area contributed by atoms with Crippen molar-refractivity contribution in [1.82, 2.24) is 0 Å². The van der Waals surface area contributed by atoms with Crippen LogP contribution in [0.1, 0.15) is 52.4 Å². The van der Waals surface area contributed by atoms with Crippen LogP contribution in [-0.4, -0.2) is 13.1 Å². The Morgan fingerprint density at radius 3 is 2.45 bits per heavy atom. The molecule has 1 aromatic carbocycles. The summed E-state index contributed by atoms with van der Waals surface area (Å²) in [5.74, 6) is 2.55. The van der Waals surface area contributed by atoms with Crippen molar-refractivity contribution in [2.75, 3.05) is 7.11 Å². The van der Waals surface area contributed by atoms with Gasteiger partial charge in [-0.2, -0.15) is 0 Å². The van der Waals surface area contributed by atoms with Crippen molar-refractivity contribution >= 4 is 5.97 Å². The third-order valence-electron chi connectivity index (χ3n) is 4.82. The molecule has 3 heteroatoms. The van der Waals surface area contributed by atoms with Crippen molar-refractivity contribution in [3.8, 4) is 11.5 Å². The van der Waals surface area contributed by atoms with Gasteiger partial charge in [-0.05, 0) is 55.4 Å². The number of carbonyl (C=O) groups is 1. The molecule has 2 rings (SSSR count). The summed E-state index contributed by atoms with van der Waals surface area (Å²) in [6.45, 7) is 4.43. The van der Waals surface area contributed by atoms with Gasteiger partial charge in [0.2, 0.25) is 0 Å². The van der Waals surface area contributed by atoms with Gasteiger partial charge in [-0.1, -0.05) is 33.1 Å². The average Bonchev–Trinajstić information content (AvgIpc) is 2.53. The first-order valence-electron chi connectivity index (χ1n) is 8.49. The molecule has 1 aliphatic carbocycles. The molecule has 3 nitrogen and oxygen atoms in total. The highest BCUT2D eigenvalue weighted by atomic mass is 16.5. The monoisotopic (exact) mass is 304 g/mol. The molecule has 0 unspecified atom stereocenters. The third-order valence-corrected chi connectivity index (χ3v) is 4.82. The highest BCUT2D eigenvalue weighted by Crippen LogP contribution is 2.37. The van der Waals surface area contributed by atoms with Gasteiger partial charge in [0.05, 0.1) is 13.0 Å². The van der Waals surface area contributed by atoms with Crippen LogP contribution < -0.4 is 9.47 Å². The summed E-state index contributed by atoms with van der Waals surface area (Å²) in [6.07, 6.45) is 7.15. The Morgan fingerprint density at radius 1 is 1.18 bits per heavy atom. The van der Waals surface area contributed by atoms with Crippen LogP contribution in [0.25, 0.3) is 0 Å². The van der Waals surface area contributed by atoms with Crippen molar-refractivity contribution in [2.24, 2.45) is 17.8 Å². The Balaban J connectivity index is 1.87. The maximum Gasteiger partial charge on any atom is 0.314 e. The number of benzene rings is 1. The molecule has 122 valence electrons. The van der Waals surface area contributed by atoms with E-state index in [0.717, 1.165) is 30.9 Å². The Morgan fingerprint density at radius 2 is 1.86 bits per heavy atom. The molecule has 0 bridgehead atoms. The van der Waals surface area contributed by atoms with E-state index in [1.807, 2.05) is 12.1 Å². The fraction of sp³-hybridized carbons (Fsp3) is 0.632. The maximum absolute atomic E-state index is 12.4. The van der Waals surface area contributed by atoms with Crippen molar-refractivity contribution in [1.29, 1.82) is 0 Å². The quantitative estimate of drug-likeness (QED) is 0.557. The predicted octanol–water partition coefficient (Wildman–Crippen LogP) is 4.84. The van der Waals surface area contributed by atoms with Crippen LogP contribution in [0.3, 0.4) is 0 Å². The van der Waals surface area contributed by atoms with Crippen LogP contribution in [0.5, 0.6) is 11.5 Å². The number of carbonyl (C=O) groups excluding carboxylic acids is 1. The molecule has 1 aliphatic rings. The Kier molecular flexibility index (Phi) is 6.29. The summed E-state index contributed by atoms with van der Waals surface area (Å²) in [4.78, 5) is 12.4. The first-order chi connectivity index (χ1) is 10.6. The molecule has 0 N–H and O–H groups in total. The lowest BCUT2D eigenvalue weighted by Gasteiger charge is -2.32. The van der Waals surface area contributed by atoms with Crippen LogP contribution in [0.4, 0.5) is 0 Å². The Hall–Kier alpha value is -1.51. The molecular formula is C19H28O3. The molecule has 0 saturated heterocycles. The van der Waals surface area contributed by atoms with Gasteiger partial charge in [0.25, 0.3) is 0 Å². The number of methoxy groups -OCH3 is 1. The van der Waals surface area contributed by atoms with Crippen LogP contribution in [0, 0.1) is 17.8 Å². The van der Waals surface area contributed by atoms with Crippen molar-refractivity contribution in [2.45, 2.75) is 52.4 Å². The minimum Gasteiger partial charge on any atom is -0.497 e. The second-order valence-corrected chi connectivity index (χ2v) is 6.50. The average molecular weight is 304 g/mol. The van der Waals surface area contributed by atoms with Crippen molar-refractivity contribution in [3.05, 3.63) is 24.3 Å². The van der Waals surface area contributed by atoms with Gasteiger partial charge in [-0.25, -0.2) is 0 Å². The normalized spacial score (nSPS) is 24.8. The Bertz CT molecular complexity index is 466. The SMILES string of the molecule is CCCC[C@H]1CC[C@@H](C(=O)Oc2ccc(OC)cc2)[C@H](C)C1. The van der Waals surface area contributed by atoms with Gasteiger partial charge < -0.3 is 9.47 Å². The Labute approximate surface area is 134 Å². The lowest BCUT2D eigenvalue weighted by atomic mass is 9.73. The maximum atomic E-state index is 12.4. The van der Waals surface area contributed by atoms with E-state index in [1.165, 1.54) is 19.3 Å². The molecule has 0 amide bonds. The molecular weight excluding hydrogens is 276 g/mol. The van der Waals surface area contributed by atoms with E-state index in [4.69, 9.17) is 9.47 Å². The molecule has 1 aromatic rings. The molecule has 1 fully saturated rings. The molecule has 1 saturated carbocycles. The summed E-state index contributed by atoms with van der Waals surface area (Å²) in [5, 5.41) is 0. The molecule has 0 radical (unpaired) electrons. The van der Waals surface area contributed by atoms with Gasteiger partial charge >= 0.3 is 5.97 Å². The number of ether oxygens (including phenoxy) is 2. The standard InChI is InChI=1S/C19H28O3/c1-4-5-6-15-7-12-18(14(2)13-15)19(20)22-17-10-8-16(21-3)9-11-17/h8-11,14-15,18H,4-7,12-13H2,1-3H3/t14-,15+,18-/m1/s1. The van der Waals surface area contributed by atoms with E-state index >= 15 is 0 Å². The second kappa shape index (κ2) is 8.21. The van der Waals surface area contributed by atoms with E-state index in [2.05, 4.69) is 13.8 Å². The van der Waals surface area contributed by atoms with Gasteiger partial charge in [-0.3, -0.25) is 4.79 Å². The number of rotatable bonds is 6. The van der Waals surface area contributed by atoms with Gasteiger partial charge in [0.15, 0.2) is 0 Å². The smallest absolute Gasteiger partial charge is 0.314 e. The summed E-state index contributed by atoms with van der Waals surface area (Å²) >= 11 is 0. The molecule has 0 heterocycles. The fourth-order valence-electron chi connectivity index (χ4n) is 3.45.